The zero-order valence-corrected chi connectivity index (χ0v) is 10.4. The van der Waals surface area contributed by atoms with Gasteiger partial charge in [-0.1, -0.05) is 38.1 Å². The number of aryl methyl sites for hydroxylation is 1. The maximum atomic E-state index is 5.76. The molecule has 0 atom stereocenters. The Balaban J connectivity index is 0.000000606. The van der Waals surface area contributed by atoms with Crippen LogP contribution in [0, 0.1) is 6.92 Å². The van der Waals surface area contributed by atoms with Crippen molar-refractivity contribution in [2.45, 2.75) is 33.6 Å². The van der Waals surface area contributed by atoms with Crippen LogP contribution in [0.4, 0.5) is 0 Å². The third kappa shape index (κ3) is 3.58. The highest BCUT2D eigenvalue weighted by Crippen LogP contribution is 2.21. The van der Waals surface area contributed by atoms with Gasteiger partial charge in [0.2, 0.25) is 0 Å². The fourth-order valence-electron chi connectivity index (χ4n) is 1.46. The van der Waals surface area contributed by atoms with Crippen LogP contribution in [0.3, 0.4) is 0 Å². The average Bonchev–Trinajstić information content (AvgIpc) is 2.36. The Morgan fingerprint density at radius 1 is 1.06 bits per heavy atom. The summed E-state index contributed by atoms with van der Waals surface area (Å²) in [5.41, 5.74) is 1.17. The SMILES string of the molecule is CC.Cc1ccccc1OC1=CCCC=C1. The largest absolute Gasteiger partial charge is 0.457 e. The molecule has 86 valence electrons. The Hall–Kier alpha value is -1.50. The summed E-state index contributed by atoms with van der Waals surface area (Å²) in [6.07, 6.45) is 8.52. The summed E-state index contributed by atoms with van der Waals surface area (Å²) >= 11 is 0. The van der Waals surface area contributed by atoms with Crippen LogP contribution in [0.15, 0.2) is 48.3 Å². The maximum Gasteiger partial charge on any atom is 0.130 e. The maximum absolute atomic E-state index is 5.76. The van der Waals surface area contributed by atoms with E-state index in [-0.39, 0.29) is 0 Å². The molecule has 0 spiro atoms. The molecule has 0 N–H and O–H groups in total. The van der Waals surface area contributed by atoms with Crippen LogP contribution in [0.25, 0.3) is 0 Å². The molecule has 1 heteroatoms. The monoisotopic (exact) mass is 216 g/mol. The number of allylic oxidation sites excluding steroid dienone is 3. The molecular weight excluding hydrogens is 196 g/mol. The molecule has 1 aromatic carbocycles. The quantitative estimate of drug-likeness (QED) is 0.700. The van der Waals surface area contributed by atoms with Crippen LogP contribution in [-0.2, 0) is 0 Å². The van der Waals surface area contributed by atoms with E-state index in [1.165, 1.54) is 5.56 Å². The Morgan fingerprint density at radius 2 is 1.81 bits per heavy atom. The van der Waals surface area contributed by atoms with Gasteiger partial charge in [-0.3, -0.25) is 0 Å². The van der Waals surface area contributed by atoms with Crippen LogP contribution in [0.2, 0.25) is 0 Å². The Kier molecular flexibility index (Phi) is 5.41. The first-order valence-electron chi connectivity index (χ1n) is 5.96. The molecule has 1 nitrogen and oxygen atoms in total. The molecule has 0 heterocycles. The van der Waals surface area contributed by atoms with Crippen molar-refractivity contribution in [2.75, 3.05) is 0 Å². The minimum absolute atomic E-state index is 0.949. The van der Waals surface area contributed by atoms with Gasteiger partial charge in [-0.25, -0.2) is 0 Å². The number of hydrogen-bond acceptors (Lipinski definition) is 1. The first kappa shape index (κ1) is 12.6. The van der Waals surface area contributed by atoms with Gasteiger partial charge in [-0.05, 0) is 43.5 Å². The number of ether oxygens (including phenoxy) is 1. The summed E-state index contributed by atoms with van der Waals surface area (Å²) in [7, 11) is 0. The van der Waals surface area contributed by atoms with Crippen LogP contribution >= 0.6 is 0 Å². The van der Waals surface area contributed by atoms with Crippen molar-refractivity contribution >= 4 is 0 Å². The van der Waals surface area contributed by atoms with Gasteiger partial charge in [-0.2, -0.15) is 0 Å². The summed E-state index contributed by atoms with van der Waals surface area (Å²) in [4.78, 5) is 0. The molecule has 0 saturated carbocycles. The Bertz CT molecular complexity index is 375. The van der Waals surface area contributed by atoms with Crippen molar-refractivity contribution in [1.82, 2.24) is 0 Å². The minimum atomic E-state index is 0.949. The fourth-order valence-corrected chi connectivity index (χ4v) is 1.46. The van der Waals surface area contributed by atoms with Gasteiger partial charge in [-0.15, -0.1) is 0 Å². The highest BCUT2D eigenvalue weighted by atomic mass is 16.5. The third-order valence-corrected chi connectivity index (χ3v) is 2.28. The molecule has 1 aromatic rings. The first-order valence-corrected chi connectivity index (χ1v) is 5.96. The van der Waals surface area contributed by atoms with Gasteiger partial charge in [0.15, 0.2) is 0 Å². The smallest absolute Gasteiger partial charge is 0.130 e. The molecular formula is C15H20O. The molecule has 16 heavy (non-hydrogen) atoms. The summed E-state index contributed by atoms with van der Waals surface area (Å²) in [6, 6.07) is 8.07. The first-order chi connectivity index (χ1) is 7.86. The normalized spacial score (nSPS) is 13.6. The van der Waals surface area contributed by atoms with E-state index < -0.39 is 0 Å². The van der Waals surface area contributed by atoms with Gasteiger partial charge in [0.1, 0.15) is 11.5 Å². The van der Waals surface area contributed by atoms with Crippen molar-refractivity contribution in [2.24, 2.45) is 0 Å². The van der Waals surface area contributed by atoms with Crippen molar-refractivity contribution in [3.63, 3.8) is 0 Å². The van der Waals surface area contributed by atoms with E-state index in [4.69, 9.17) is 4.74 Å². The highest BCUT2D eigenvalue weighted by Gasteiger charge is 2.02. The molecule has 1 aliphatic carbocycles. The van der Waals surface area contributed by atoms with Gasteiger partial charge < -0.3 is 4.74 Å². The molecule has 2 rings (SSSR count). The lowest BCUT2D eigenvalue weighted by atomic mass is 10.2. The Labute approximate surface area is 98.5 Å². The molecule has 0 fully saturated rings. The van der Waals surface area contributed by atoms with Crippen molar-refractivity contribution < 1.29 is 4.74 Å². The third-order valence-electron chi connectivity index (χ3n) is 2.28. The topological polar surface area (TPSA) is 9.23 Å². The van der Waals surface area contributed by atoms with Gasteiger partial charge in [0.05, 0.1) is 0 Å². The van der Waals surface area contributed by atoms with E-state index in [1.807, 2.05) is 38.1 Å². The van der Waals surface area contributed by atoms with E-state index in [0.717, 1.165) is 24.4 Å². The molecule has 1 aliphatic rings. The second-order valence-corrected chi connectivity index (χ2v) is 3.45. The van der Waals surface area contributed by atoms with E-state index in [2.05, 4.69) is 25.1 Å². The zero-order chi connectivity index (χ0) is 11.8. The van der Waals surface area contributed by atoms with Crippen LogP contribution in [-0.4, -0.2) is 0 Å². The van der Waals surface area contributed by atoms with Crippen molar-refractivity contribution in [3.05, 3.63) is 53.8 Å². The van der Waals surface area contributed by atoms with E-state index >= 15 is 0 Å². The lowest BCUT2D eigenvalue weighted by Crippen LogP contribution is -1.96. The van der Waals surface area contributed by atoms with E-state index in [9.17, 15) is 0 Å². The second-order valence-electron chi connectivity index (χ2n) is 3.45. The molecule has 0 bridgehead atoms. The zero-order valence-electron chi connectivity index (χ0n) is 10.4. The summed E-state index contributed by atoms with van der Waals surface area (Å²) in [5, 5.41) is 0. The van der Waals surface area contributed by atoms with Gasteiger partial charge in [0.25, 0.3) is 0 Å². The molecule has 0 radical (unpaired) electrons. The number of para-hydroxylation sites is 1. The molecule has 0 saturated heterocycles. The lowest BCUT2D eigenvalue weighted by molar-refractivity contribution is 0.436. The number of rotatable bonds is 2. The molecule has 0 amide bonds. The lowest BCUT2D eigenvalue weighted by Gasteiger charge is -2.11. The van der Waals surface area contributed by atoms with E-state index in [0.29, 0.717) is 0 Å². The Morgan fingerprint density at radius 3 is 2.44 bits per heavy atom. The summed E-state index contributed by atoms with van der Waals surface area (Å²) < 4.78 is 5.76. The predicted octanol–water partition coefficient (Wildman–Crippen LogP) is 4.63. The van der Waals surface area contributed by atoms with Crippen LogP contribution in [0.1, 0.15) is 32.3 Å². The van der Waals surface area contributed by atoms with Crippen molar-refractivity contribution in [3.8, 4) is 5.75 Å². The summed E-state index contributed by atoms with van der Waals surface area (Å²) in [6.45, 7) is 6.06. The molecule has 0 aromatic heterocycles. The van der Waals surface area contributed by atoms with E-state index in [1.54, 1.807) is 0 Å². The average molecular weight is 216 g/mol. The molecule has 0 aliphatic heterocycles. The van der Waals surface area contributed by atoms with Crippen molar-refractivity contribution in [1.29, 1.82) is 0 Å². The fraction of sp³-hybridized carbons (Fsp3) is 0.333. The van der Waals surface area contributed by atoms with Gasteiger partial charge in [0, 0.05) is 0 Å². The second kappa shape index (κ2) is 6.89. The summed E-state index contributed by atoms with van der Waals surface area (Å²) in [5.74, 6) is 1.91. The standard InChI is InChI=1S/C13H14O.C2H6/c1-11-7-5-6-10-13(11)14-12-8-3-2-4-9-12;1-2/h3,5-10H,2,4H2,1H3;1-2H3. The number of benzene rings is 1. The highest BCUT2D eigenvalue weighted by molar-refractivity contribution is 5.35. The van der Waals surface area contributed by atoms with Crippen LogP contribution < -0.4 is 4.74 Å². The number of hydrogen-bond donors (Lipinski definition) is 0. The predicted molar refractivity (Wildman–Crippen MR) is 69.6 cm³/mol. The van der Waals surface area contributed by atoms with Crippen LogP contribution in [0.5, 0.6) is 5.75 Å². The molecule has 0 unspecified atom stereocenters. The minimum Gasteiger partial charge on any atom is -0.457 e. The van der Waals surface area contributed by atoms with Gasteiger partial charge >= 0.3 is 0 Å².